The van der Waals surface area contributed by atoms with Gasteiger partial charge in [0, 0.05) is 65.6 Å². The zero-order valence-electron chi connectivity index (χ0n) is 41.3. The topological polar surface area (TPSA) is 9.72 Å². The Bertz CT molecular complexity index is 3490. The molecule has 9 aromatic rings. The minimum absolute atomic E-state index is 0.0235. The first-order valence-electron chi connectivity index (χ1n) is 25.3. The molecule has 1 saturated carbocycles. The van der Waals surface area contributed by atoms with E-state index in [0.29, 0.717) is 0 Å². The van der Waals surface area contributed by atoms with E-state index in [-0.39, 0.29) is 28.6 Å². The van der Waals surface area contributed by atoms with Crippen LogP contribution in [0.1, 0.15) is 97.8 Å². The van der Waals surface area contributed by atoms with Gasteiger partial charge in [-0.05, 0) is 153 Å². The van der Waals surface area contributed by atoms with Crippen LogP contribution in [-0.4, -0.2) is 12.4 Å². The molecule has 0 saturated heterocycles. The summed E-state index contributed by atoms with van der Waals surface area (Å²) >= 11 is 1.94. The van der Waals surface area contributed by atoms with E-state index >= 15 is 0 Å². The van der Waals surface area contributed by atoms with Crippen LogP contribution in [-0.2, 0) is 16.2 Å². The Morgan fingerprint density at radius 3 is 1.84 bits per heavy atom. The molecule has 4 aliphatic rings. The third-order valence-electron chi connectivity index (χ3n) is 16.9. The Hall–Kier alpha value is -6.56. The van der Waals surface area contributed by atoms with Crippen LogP contribution in [0, 0.1) is 0 Å². The van der Waals surface area contributed by atoms with Crippen molar-refractivity contribution in [1.29, 1.82) is 0 Å². The lowest BCUT2D eigenvalue weighted by Crippen LogP contribution is -2.70. The Morgan fingerprint density at radius 2 is 1.14 bits per heavy atom. The molecular formula is C64H60BN3S. The smallest absolute Gasteiger partial charge is 0.329 e. The fourth-order valence-electron chi connectivity index (χ4n) is 13.1. The van der Waals surface area contributed by atoms with Crippen molar-refractivity contribution in [3.05, 3.63) is 187 Å². The fraction of sp³-hybridized carbons (Fsp3) is 0.250. The first-order valence-corrected chi connectivity index (χ1v) is 26.1. The summed E-state index contributed by atoms with van der Waals surface area (Å²) in [4.78, 5) is 8.20. The molecule has 1 aliphatic carbocycles. The maximum absolute atomic E-state index is 3.02. The first-order chi connectivity index (χ1) is 33.2. The summed E-state index contributed by atoms with van der Waals surface area (Å²) in [5.41, 5.74) is 20.7. The number of para-hydroxylation sites is 2. The highest BCUT2D eigenvalue weighted by atomic mass is 32.1. The molecule has 0 spiro atoms. The third kappa shape index (κ3) is 6.11. The molecule has 5 heteroatoms. The van der Waals surface area contributed by atoms with E-state index in [0.717, 1.165) is 23.5 Å². The van der Waals surface area contributed by atoms with Gasteiger partial charge in [0.25, 0.3) is 0 Å². The van der Waals surface area contributed by atoms with Crippen LogP contribution in [0.25, 0.3) is 42.4 Å². The molecular weight excluding hydrogens is 854 g/mol. The SMILES string of the molecule is CC(C)(C)c1ccc(N2c3cc(N(c4ccccc4)c4ccccc4)cc4c3B(c3c2ccc2sc5ccccc5c32)N2c3c-4cc(C(C)(C)C)cc3C3(C)CCCCC23C)c(-c2ccccc2)c1. The highest BCUT2D eigenvalue weighted by Crippen LogP contribution is 2.64. The second-order valence-electron chi connectivity index (χ2n) is 22.8. The number of fused-ring (bicyclic) bond motifs is 11. The van der Waals surface area contributed by atoms with Crippen LogP contribution >= 0.6 is 11.3 Å². The van der Waals surface area contributed by atoms with Gasteiger partial charge >= 0.3 is 6.85 Å². The van der Waals surface area contributed by atoms with Crippen LogP contribution in [0.5, 0.6) is 0 Å². The first kappa shape index (κ1) is 42.5. The van der Waals surface area contributed by atoms with Gasteiger partial charge in [-0.15, -0.1) is 11.3 Å². The van der Waals surface area contributed by atoms with Crippen molar-refractivity contribution < 1.29 is 0 Å². The van der Waals surface area contributed by atoms with Gasteiger partial charge in [0.1, 0.15) is 0 Å². The van der Waals surface area contributed by atoms with Crippen LogP contribution in [0.4, 0.5) is 39.8 Å². The molecule has 2 atom stereocenters. The molecule has 1 fully saturated rings. The van der Waals surface area contributed by atoms with Gasteiger partial charge in [0.15, 0.2) is 0 Å². The second-order valence-corrected chi connectivity index (χ2v) is 23.9. The zero-order chi connectivity index (χ0) is 47.2. The highest BCUT2D eigenvalue weighted by Gasteiger charge is 2.63. The van der Waals surface area contributed by atoms with Crippen molar-refractivity contribution in [2.24, 2.45) is 0 Å². The van der Waals surface area contributed by atoms with Crippen LogP contribution < -0.4 is 25.5 Å². The zero-order valence-corrected chi connectivity index (χ0v) is 42.1. The van der Waals surface area contributed by atoms with E-state index in [2.05, 4.69) is 240 Å². The van der Waals surface area contributed by atoms with Crippen molar-refractivity contribution in [1.82, 2.24) is 0 Å². The molecule has 8 aromatic carbocycles. The summed E-state index contributed by atoms with van der Waals surface area (Å²) in [6.07, 6.45) is 4.82. The van der Waals surface area contributed by atoms with E-state index in [1.165, 1.54) is 106 Å². The molecule has 2 unspecified atom stereocenters. The number of nitrogens with zero attached hydrogens (tertiary/aromatic N) is 3. The van der Waals surface area contributed by atoms with Crippen molar-refractivity contribution in [3.63, 3.8) is 0 Å². The lowest BCUT2D eigenvalue weighted by atomic mass is 9.41. The minimum Gasteiger partial charge on any atom is -0.400 e. The number of hydrogen-bond acceptors (Lipinski definition) is 4. The fourth-order valence-corrected chi connectivity index (χ4v) is 14.2. The molecule has 3 aliphatic heterocycles. The largest absolute Gasteiger partial charge is 0.400 e. The number of thiophene rings is 1. The Labute approximate surface area is 413 Å². The Kier molecular flexibility index (Phi) is 9.23. The molecule has 1 aromatic heterocycles. The second kappa shape index (κ2) is 15.0. The predicted octanol–water partition coefficient (Wildman–Crippen LogP) is 16.8. The van der Waals surface area contributed by atoms with Crippen molar-refractivity contribution in [2.45, 2.75) is 103 Å². The number of hydrogen-bond donors (Lipinski definition) is 0. The van der Waals surface area contributed by atoms with Gasteiger partial charge < -0.3 is 14.6 Å². The summed E-state index contributed by atoms with van der Waals surface area (Å²) < 4.78 is 2.70. The molecule has 3 nitrogen and oxygen atoms in total. The van der Waals surface area contributed by atoms with E-state index in [1.54, 1.807) is 5.56 Å². The van der Waals surface area contributed by atoms with E-state index in [9.17, 15) is 0 Å². The molecule has 340 valence electrons. The van der Waals surface area contributed by atoms with Crippen LogP contribution in [0.15, 0.2) is 170 Å². The molecule has 69 heavy (non-hydrogen) atoms. The molecule has 0 bridgehead atoms. The monoisotopic (exact) mass is 913 g/mol. The summed E-state index contributed by atoms with van der Waals surface area (Å²) in [5.74, 6) is 0. The molecule has 0 radical (unpaired) electrons. The average Bonchev–Trinajstić information content (AvgIpc) is 3.83. The maximum atomic E-state index is 3.02. The van der Waals surface area contributed by atoms with Gasteiger partial charge in [-0.1, -0.05) is 158 Å². The quantitative estimate of drug-likeness (QED) is 0.159. The van der Waals surface area contributed by atoms with Crippen molar-refractivity contribution in [2.75, 3.05) is 14.6 Å². The lowest BCUT2D eigenvalue weighted by Gasteiger charge is -2.55. The summed E-state index contributed by atoms with van der Waals surface area (Å²) in [6.45, 7) is 19.5. The van der Waals surface area contributed by atoms with Crippen molar-refractivity contribution >= 4 is 89.1 Å². The Morgan fingerprint density at radius 1 is 0.522 bits per heavy atom. The Balaban J connectivity index is 1.23. The lowest BCUT2D eigenvalue weighted by molar-refractivity contribution is 0.199. The van der Waals surface area contributed by atoms with E-state index in [4.69, 9.17) is 0 Å². The number of benzene rings is 8. The van der Waals surface area contributed by atoms with Crippen LogP contribution in [0.3, 0.4) is 0 Å². The third-order valence-corrected chi connectivity index (χ3v) is 18.0. The summed E-state index contributed by atoms with van der Waals surface area (Å²) in [5, 5.41) is 2.75. The van der Waals surface area contributed by atoms with Crippen LogP contribution in [0.2, 0.25) is 0 Å². The van der Waals surface area contributed by atoms with Gasteiger partial charge in [0.05, 0.1) is 5.69 Å². The van der Waals surface area contributed by atoms with Gasteiger partial charge in [-0.3, -0.25) is 0 Å². The predicted molar refractivity (Wildman–Crippen MR) is 299 cm³/mol. The maximum Gasteiger partial charge on any atom is 0.329 e. The number of rotatable bonds is 5. The highest BCUT2D eigenvalue weighted by molar-refractivity contribution is 7.26. The summed E-state index contributed by atoms with van der Waals surface area (Å²) in [7, 11) is 0. The van der Waals surface area contributed by atoms with E-state index in [1.807, 2.05) is 11.3 Å². The molecule has 0 N–H and O–H groups in total. The number of anilines is 7. The summed E-state index contributed by atoms with van der Waals surface area (Å²) in [6, 6.07) is 64.9. The van der Waals surface area contributed by atoms with E-state index < -0.39 is 0 Å². The molecule has 13 rings (SSSR count). The van der Waals surface area contributed by atoms with Gasteiger partial charge in [-0.25, -0.2) is 0 Å². The van der Waals surface area contributed by atoms with Crippen molar-refractivity contribution in [3.8, 4) is 22.3 Å². The van der Waals surface area contributed by atoms with Gasteiger partial charge in [-0.2, -0.15) is 0 Å². The minimum atomic E-state index is -0.117. The van der Waals surface area contributed by atoms with Gasteiger partial charge in [0.2, 0.25) is 0 Å². The standard InChI is InChI=1S/C64H60BN3S/c1-61(2,3)42-30-31-52(48(36-42)41-22-12-9-13-23-41)67-53-32-33-56-57(47-28-18-19-29-55(47)69-56)59(53)65-58-49(39-46(40-54(58)67)66(44-24-14-10-15-25-44)45-26-16-11-17-27-45)50-37-43(62(4,5)6)38-51-60(50)68(65)64(8)35-21-20-34-63(51,64)7/h9-19,22-33,36-40H,20-21,34-35H2,1-8H3. The molecule has 4 heterocycles. The average molecular weight is 914 g/mol. The molecule has 0 amide bonds. The normalized spacial score (nSPS) is 19.1.